The molecule has 6 heteroatoms. The Balaban J connectivity index is 1.78. The SMILES string of the molecule is COCCN(C)CCOc1cccc(CN=C(N)N2CCC(C)CC2)c1. The molecule has 1 aromatic rings. The fourth-order valence-electron chi connectivity index (χ4n) is 2.92. The number of nitrogens with zero attached hydrogens (tertiary/aromatic N) is 3. The molecule has 1 saturated heterocycles. The van der Waals surface area contributed by atoms with E-state index in [-0.39, 0.29) is 0 Å². The Morgan fingerprint density at radius 1 is 1.27 bits per heavy atom. The second-order valence-corrected chi connectivity index (χ2v) is 7.14. The van der Waals surface area contributed by atoms with Crippen LogP contribution in [0.2, 0.25) is 0 Å². The number of aliphatic imine (C=N–C) groups is 1. The minimum Gasteiger partial charge on any atom is -0.492 e. The predicted molar refractivity (Wildman–Crippen MR) is 107 cm³/mol. The molecule has 2 N–H and O–H groups in total. The van der Waals surface area contributed by atoms with Gasteiger partial charge in [-0.1, -0.05) is 19.1 Å². The molecule has 0 bridgehead atoms. The molecule has 146 valence electrons. The van der Waals surface area contributed by atoms with E-state index in [1.165, 1.54) is 12.8 Å². The van der Waals surface area contributed by atoms with Gasteiger partial charge in [-0.05, 0) is 43.5 Å². The average molecular weight is 363 g/mol. The van der Waals surface area contributed by atoms with E-state index in [4.69, 9.17) is 15.2 Å². The number of piperidine rings is 1. The lowest BCUT2D eigenvalue weighted by molar-refractivity contribution is 0.150. The van der Waals surface area contributed by atoms with Crippen molar-refractivity contribution in [2.24, 2.45) is 16.6 Å². The number of nitrogens with two attached hydrogens (primary N) is 1. The van der Waals surface area contributed by atoms with Crippen LogP contribution in [0.1, 0.15) is 25.3 Å². The minimum atomic E-state index is 0.586. The second kappa shape index (κ2) is 11.0. The first-order chi connectivity index (χ1) is 12.6. The van der Waals surface area contributed by atoms with Gasteiger partial charge in [0.25, 0.3) is 0 Å². The van der Waals surface area contributed by atoms with Gasteiger partial charge in [-0.25, -0.2) is 4.99 Å². The first-order valence-corrected chi connectivity index (χ1v) is 9.52. The third kappa shape index (κ3) is 7.22. The van der Waals surface area contributed by atoms with Crippen LogP contribution in [0.5, 0.6) is 5.75 Å². The van der Waals surface area contributed by atoms with Gasteiger partial charge < -0.3 is 25.0 Å². The van der Waals surface area contributed by atoms with Crippen LogP contribution in [0, 0.1) is 5.92 Å². The van der Waals surface area contributed by atoms with Gasteiger partial charge in [0.05, 0.1) is 13.2 Å². The summed E-state index contributed by atoms with van der Waals surface area (Å²) in [7, 11) is 3.79. The quantitative estimate of drug-likeness (QED) is 0.539. The number of guanidine groups is 1. The smallest absolute Gasteiger partial charge is 0.191 e. The van der Waals surface area contributed by atoms with Gasteiger partial charge in [-0.15, -0.1) is 0 Å². The van der Waals surface area contributed by atoms with Gasteiger partial charge in [-0.3, -0.25) is 0 Å². The van der Waals surface area contributed by atoms with E-state index in [1.54, 1.807) is 7.11 Å². The highest BCUT2D eigenvalue weighted by Gasteiger charge is 2.16. The second-order valence-electron chi connectivity index (χ2n) is 7.14. The molecule has 1 fully saturated rings. The summed E-state index contributed by atoms with van der Waals surface area (Å²) in [5, 5.41) is 0. The molecule has 0 radical (unpaired) electrons. The molecule has 0 aliphatic carbocycles. The molecular weight excluding hydrogens is 328 g/mol. The van der Waals surface area contributed by atoms with E-state index in [1.807, 2.05) is 18.2 Å². The van der Waals surface area contributed by atoms with E-state index in [2.05, 4.69) is 34.8 Å². The lowest BCUT2D eigenvalue weighted by Gasteiger charge is -2.31. The first-order valence-electron chi connectivity index (χ1n) is 9.52. The van der Waals surface area contributed by atoms with E-state index >= 15 is 0 Å². The zero-order chi connectivity index (χ0) is 18.8. The molecule has 1 aliphatic heterocycles. The number of hydrogen-bond donors (Lipinski definition) is 1. The van der Waals surface area contributed by atoms with Crippen LogP contribution >= 0.6 is 0 Å². The maximum atomic E-state index is 6.16. The summed E-state index contributed by atoms with van der Waals surface area (Å²) in [6.45, 7) is 8.07. The Kier molecular flexibility index (Phi) is 8.71. The maximum Gasteiger partial charge on any atom is 0.191 e. The highest BCUT2D eigenvalue weighted by atomic mass is 16.5. The zero-order valence-electron chi connectivity index (χ0n) is 16.5. The molecule has 0 atom stereocenters. The number of likely N-dealkylation sites (N-methyl/N-ethyl adjacent to an activating group) is 1. The molecule has 1 heterocycles. The Morgan fingerprint density at radius 2 is 2.00 bits per heavy atom. The molecule has 0 unspecified atom stereocenters. The standard InChI is InChI=1S/C20H34N4O2/c1-17-7-9-24(10-8-17)20(21)22-16-18-5-4-6-19(15-18)26-14-12-23(2)11-13-25-3/h4-6,15,17H,7-14,16H2,1-3H3,(H2,21,22). The molecular formula is C20H34N4O2. The topological polar surface area (TPSA) is 63.3 Å². The third-order valence-corrected chi connectivity index (χ3v) is 4.85. The monoisotopic (exact) mass is 362 g/mol. The van der Waals surface area contributed by atoms with Crippen LogP contribution in [-0.4, -0.2) is 69.3 Å². The number of likely N-dealkylation sites (tertiary alicyclic amines) is 1. The van der Waals surface area contributed by atoms with Crippen molar-refractivity contribution < 1.29 is 9.47 Å². The summed E-state index contributed by atoms with van der Waals surface area (Å²) in [6.07, 6.45) is 2.39. The molecule has 0 spiro atoms. The Labute approximate surface area is 158 Å². The molecule has 6 nitrogen and oxygen atoms in total. The molecule has 0 amide bonds. The maximum absolute atomic E-state index is 6.16. The normalized spacial score (nSPS) is 16.3. The lowest BCUT2D eigenvalue weighted by atomic mass is 10.00. The third-order valence-electron chi connectivity index (χ3n) is 4.85. The average Bonchev–Trinajstić information content (AvgIpc) is 2.65. The minimum absolute atomic E-state index is 0.586. The van der Waals surface area contributed by atoms with Crippen molar-refractivity contribution >= 4 is 5.96 Å². The van der Waals surface area contributed by atoms with Crippen molar-refractivity contribution in [1.29, 1.82) is 0 Å². The number of rotatable bonds is 9. The van der Waals surface area contributed by atoms with Crippen molar-refractivity contribution in [1.82, 2.24) is 9.80 Å². The van der Waals surface area contributed by atoms with E-state index in [0.29, 0.717) is 19.1 Å². The molecule has 1 aliphatic rings. The van der Waals surface area contributed by atoms with E-state index < -0.39 is 0 Å². The number of hydrogen-bond acceptors (Lipinski definition) is 4. The number of benzene rings is 1. The van der Waals surface area contributed by atoms with Crippen molar-refractivity contribution in [2.75, 3.05) is 53.6 Å². The van der Waals surface area contributed by atoms with Crippen LogP contribution < -0.4 is 10.5 Å². The van der Waals surface area contributed by atoms with Gasteiger partial charge in [0.1, 0.15) is 12.4 Å². The number of methoxy groups -OCH3 is 1. The summed E-state index contributed by atoms with van der Waals surface area (Å²) in [6, 6.07) is 8.10. The van der Waals surface area contributed by atoms with Gasteiger partial charge in [-0.2, -0.15) is 0 Å². The predicted octanol–water partition coefficient (Wildman–Crippen LogP) is 2.19. The Morgan fingerprint density at radius 3 is 2.73 bits per heavy atom. The number of ether oxygens (including phenoxy) is 2. The first kappa shape index (κ1) is 20.5. The van der Waals surface area contributed by atoms with E-state index in [9.17, 15) is 0 Å². The lowest BCUT2D eigenvalue weighted by Crippen LogP contribution is -2.42. The summed E-state index contributed by atoms with van der Waals surface area (Å²) < 4.78 is 10.9. The summed E-state index contributed by atoms with van der Waals surface area (Å²) in [5.74, 6) is 2.33. The summed E-state index contributed by atoms with van der Waals surface area (Å²) >= 11 is 0. The van der Waals surface area contributed by atoms with Gasteiger partial charge >= 0.3 is 0 Å². The largest absolute Gasteiger partial charge is 0.492 e. The molecule has 0 saturated carbocycles. The van der Waals surface area contributed by atoms with Crippen molar-refractivity contribution in [3.8, 4) is 5.75 Å². The molecule has 0 aromatic heterocycles. The summed E-state index contributed by atoms with van der Waals surface area (Å²) in [4.78, 5) is 8.95. The Bertz CT molecular complexity index is 556. The highest BCUT2D eigenvalue weighted by Crippen LogP contribution is 2.17. The molecule has 1 aromatic carbocycles. The summed E-state index contributed by atoms with van der Waals surface area (Å²) in [5.41, 5.74) is 7.28. The van der Waals surface area contributed by atoms with Crippen molar-refractivity contribution in [3.05, 3.63) is 29.8 Å². The molecule has 26 heavy (non-hydrogen) atoms. The van der Waals surface area contributed by atoms with Gasteiger partial charge in [0.15, 0.2) is 5.96 Å². The van der Waals surface area contributed by atoms with Gasteiger partial charge in [0.2, 0.25) is 0 Å². The van der Waals surface area contributed by atoms with Crippen molar-refractivity contribution in [2.45, 2.75) is 26.3 Å². The van der Waals surface area contributed by atoms with Gasteiger partial charge in [0, 0.05) is 33.3 Å². The Hall–Kier alpha value is -1.79. The zero-order valence-corrected chi connectivity index (χ0v) is 16.5. The van der Waals surface area contributed by atoms with Crippen molar-refractivity contribution in [3.63, 3.8) is 0 Å². The fraction of sp³-hybridized carbons (Fsp3) is 0.650. The van der Waals surface area contributed by atoms with E-state index in [0.717, 1.165) is 50.0 Å². The highest BCUT2D eigenvalue weighted by molar-refractivity contribution is 5.78. The van der Waals surface area contributed by atoms with Crippen LogP contribution in [0.25, 0.3) is 0 Å². The van der Waals surface area contributed by atoms with Crippen LogP contribution in [0.3, 0.4) is 0 Å². The van der Waals surface area contributed by atoms with Crippen LogP contribution in [0.4, 0.5) is 0 Å². The van der Waals surface area contributed by atoms with Crippen LogP contribution in [0.15, 0.2) is 29.3 Å². The fourth-order valence-corrected chi connectivity index (χ4v) is 2.92. The van der Waals surface area contributed by atoms with Crippen LogP contribution in [-0.2, 0) is 11.3 Å². The molecule has 2 rings (SSSR count).